The zero-order valence-electron chi connectivity index (χ0n) is 7.63. The fraction of sp³-hybridized carbons (Fsp3) is 0.400. The van der Waals surface area contributed by atoms with Crippen LogP contribution >= 0.6 is 11.3 Å². The normalized spacial score (nSPS) is 15.6. The fourth-order valence-corrected chi connectivity index (χ4v) is 2.37. The lowest BCUT2D eigenvalue weighted by Crippen LogP contribution is -2.31. The highest BCUT2D eigenvalue weighted by Gasteiger charge is 2.22. The number of hydrogen-bond donors (Lipinski definition) is 1. The zero-order chi connectivity index (χ0) is 9.19. The van der Waals surface area contributed by atoms with Gasteiger partial charge in [0.2, 0.25) is 0 Å². The maximum Gasteiger partial charge on any atom is 0.0512 e. The van der Waals surface area contributed by atoms with E-state index in [1.165, 1.54) is 10.4 Å². The van der Waals surface area contributed by atoms with E-state index >= 15 is 0 Å². The Morgan fingerprint density at radius 1 is 1.75 bits per heavy atom. The first-order chi connectivity index (χ1) is 5.58. The third-order valence-corrected chi connectivity index (χ3v) is 3.25. The standard InChI is InChI=1S/C10H15NS/c1-4-6-10(3,11)9-8(2)5-7-12-9/h4-5,7H,1,6,11H2,2-3H3. The van der Waals surface area contributed by atoms with E-state index in [2.05, 4.69) is 24.9 Å². The molecule has 0 aromatic carbocycles. The number of nitrogens with two attached hydrogens (primary N) is 1. The maximum absolute atomic E-state index is 6.13. The number of aryl methyl sites for hydroxylation is 1. The maximum atomic E-state index is 6.13. The highest BCUT2D eigenvalue weighted by atomic mass is 32.1. The molecule has 0 saturated carbocycles. The summed E-state index contributed by atoms with van der Waals surface area (Å²) in [7, 11) is 0. The Hall–Kier alpha value is -0.600. The van der Waals surface area contributed by atoms with Gasteiger partial charge in [-0.2, -0.15) is 0 Å². The van der Waals surface area contributed by atoms with E-state index in [0.717, 1.165) is 6.42 Å². The molecule has 0 aliphatic carbocycles. The smallest absolute Gasteiger partial charge is 0.0512 e. The minimum absolute atomic E-state index is 0.236. The van der Waals surface area contributed by atoms with Crippen molar-refractivity contribution in [2.24, 2.45) is 5.73 Å². The summed E-state index contributed by atoms with van der Waals surface area (Å²) >= 11 is 1.72. The lowest BCUT2D eigenvalue weighted by molar-refractivity contribution is 0.511. The van der Waals surface area contributed by atoms with Crippen molar-refractivity contribution in [2.45, 2.75) is 25.8 Å². The Labute approximate surface area is 77.9 Å². The molecule has 66 valence electrons. The summed E-state index contributed by atoms with van der Waals surface area (Å²) in [5.41, 5.74) is 7.18. The highest BCUT2D eigenvalue weighted by molar-refractivity contribution is 7.10. The monoisotopic (exact) mass is 181 g/mol. The molecule has 1 aromatic heterocycles. The van der Waals surface area contributed by atoms with Gasteiger partial charge in [0.25, 0.3) is 0 Å². The molecule has 2 N–H and O–H groups in total. The summed E-state index contributed by atoms with van der Waals surface area (Å²) in [6, 6.07) is 2.11. The SMILES string of the molecule is C=CCC(C)(N)c1sccc1C. The van der Waals surface area contributed by atoms with Crippen LogP contribution in [0.4, 0.5) is 0 Å². The zero-order valence-corrected chi connectivity index (χ0v) is 8.45. The lowest BCUT2D eigenvalue weighted by Gasteiger charge is -2.22. The summed E-state index contributed by atoms with van der Waals surface area (Å²) in [5, 5.41) is 2.08. The van der Waals surface area contributed by atoms with E-state index in [0.29, 0.717) is 0 Å². The van der Waals surface area contributed by atoms with Crippen LogP contribution in [0.5, 0.6) is 0 Å². The molecule has 0 spiro atoms. The molecule has 1 rings (SSSR count). The predicted molar refractivity (Wildman–Crippen MR) is 55.4 cm³/mol. The van der Waals surface area contributed by atoms with Crippen LogP contribution in [0, 0.1) is 6.92 Å². The summed E-state index contributed by atoms with van der Waals surface area (Å²) in [4.78, 5) is 1.27. The topological polar surface area (TPSA) is 26.0 Å². The molecule has 0 bridgehead atoms. The summed E-state index contributed by atoms with van der Waals surface area (Å²) in [6.45, 7) is 7.86. The summed E-state index contributed by atoms with van der Waals surface area (Å²) < 4.78 is 0. The molecule has 1 nitrogen and oxygen atoms in total. The van der Waals surface area contributed by atoms with Crippen LogP contribution in [0.15, 0.2) is 24.1 Å². The van der Waals surface area contributed by atoms with Crippen molar-refractivity contribution in [1.29, 1.82) is 0 Å². The van der Waals surface area contributed by atoms with Gasteiger partial charge in [-0.05, 0) is 37.3 Å². The van der Waals surface area contributed by atoms with Gasteiger partial charge < -0.3 is 5.73 Å². The second-order valence-electron chi connectivity index (χ2n) is 3.34. The van der Waals surface area contributed by atoms with Gasteiger partial charge in [0, 0.05) is 4.88 Å². The first-order valence-corrected chi connectivity index (χ1v) is 4.90. The van der Waals surface area contributed by atoms with Gasteiger partial charge in [0.1, 0.15) is 0 Å². The highest BCUT2D eigenvalue weighted by Crippen LogP contribution is 2.29. The van der Waals surface area contributed by atoms with E-state index in [9.17, 15) is 0 Å². The average molecular weight is 181 g/mol. The van der Waals surface area contributed by atoms with Gasteiger partial charge in [-0.25, -0.2) is 0 Å². The first-order valence-electron chi connectivity index (χ1n) is 4.02. The minimum Gasteiger partial charge on any atom is -0.321 e. The second kappa shape index (κ2) is 3.42. The lowest BCUT2D eigenvalue weighted by atomic mass is 9.95. The third kappa shape index (κ3) is 1.76. The van der Waals surface area contributed by atoms with Crippen LogP contribution in [0.3, 0.4) is 0 Å². The Morgan fingerprint density at radius 2 is 2.42 bits per heavy atom. The molecular weight excluding hydrogens is 166 g/mol. The van der Waals surface area contributed by atoms with Crippen molar-refractivity contribution in [3.8, 4) is 0 Å². The first kappa shape index (κ1) is 9.49. The van der Waals surface area contributed by atoms with Gasteiger partial charge in [-0.1, -0.05) is 6.08 Å². The number of thiophene rings is 1. The van der Waals surface area contributed by atoms with Crippen molar-refractivity contribution in [2.75, 3.05) is 0 Å². The van der Waals surface area contributed by atoms with Crippen molar-refractivity contribution >= 4 is 11.3 Å². The largest absolute Gasteiger partial charge is 0.321 e. The molecule has 0 aliphatic heterocycles. The van der Waals surface area contributed by atoms with E-state index in [-0.39, 0.29) is 5.54 Å². The van der Waals surface area contributed by atoms with Crippen molar-refractivity contribution < 1.29 is 0 Å². The Kier molecular flexibility index (Phi) is 2.70. The average Bonchev–Trinajstić information content (AvgIpc) is 2.35. The van der Waals surface area contributed by atoms with Crippen LogP contribution in [0.2, 0.25) is 0 Å². The predicted octanol–water partition coefficient (Wildman–Crippen LogP) is 2.81. The Balaban J connectivity index is 2.96. The molecule has 1 heterocycles. The van der Waals surface area contributed by atoms with E-state index in [1.54, 1.807) is 11.3 Å². The van der Waals surface area contributed by atoms with Gasteiger partial charge in [-0.3, -0.25) is 0 Å². The van der Waals surface area contributed by atoms with Crippen molar-refractivity contribution in [3.63, 3.8) is 0 Å². The molecular formula is C10H15NS. The molecule has 0 saturated heterocycles. The number of rotatable bonds is 3. The van der Waals surface area contributed by atoms with Crippen LogP contribution < -0.4 is 5.73 Å². The number of hydrogen-bond acceptors (Lipinski definition) is 2. The molecule has 12 heavy (non-hydrogen) atoms. The van der Waals surface area contributed by atoms with Gasteiger partial charge >= 0.3 is 0 Å². The van der Waals surface area contributed by atoms with E-state index in [1.807, 2.05) is 13.0 Å². The summed E-state index contributed by atoms with van der Waals surface area (Å²) in [6.07, 6.45) is 2.70. The van der Waals surface area contributed by atoms with Crippen LogP contribution in [0.1, 0.15) is 23.8 Å². The molecule has 2 heteroatoms. The quantitative estimate of drug-likeness (QED) is 0.713. The second-order valence-corrected chi connectivity index (χ2v) is 4.26. The summed E-state index contributed by atoms with van der Waals surface area (Å²) in [5.74, 6) is 0. The van der Waals surface area contributed by atoms with Gasteiger partial charge in [0.15, 0.2) is 0 Å². The fourth-order valence-electron chi connectivity index (χ4n) is 1.35. The van der Waals surface area contributed by atoms with Crippen molar-refractivity contribution in [3.05, 3.63) is 34.5 Å². The van der Waals surface area contributed by atoms with E-state index in [4.69, 9.17) is 5.73 Å². The minimum atomic E-state index is -0.236. The van der Waals surface area contributed by atoms with Crippen molar-refractivity contribution in [1.82, 2.24) is 0 Å². The van der Waals surface area contributed by atoms with Crippen LogP contribution in [-0.4, -0.2) is 0 Å². The molecule has 1 unspecified atom stereocenters. The van der Waals surface area contributed by atoms with E-state index < -0.39 is 0 Å². The molecule has 1 atom stereocenters. The Morgan fingerprint density at radius 3 is 2.83 bits per heavy atom. The molecule has 1 aromatic rings. The molecule has 0 fully saturated rings. The van der Waals surface area contributed by atoms with Crippen LogP contribution in [0.25, 0.3) is 0 Å². The Bertz CT molecular complexity index is 273. The van der Waals surface area contributed by atoms with Gasteiger partial charge in [0.05, 0.1) is 5.54 Å². The third-order valence-electron chi connectivity index (χ3n) is 1.95. The van der Waals surface area contributed by atoms with Gasteiger partial charge in [-0.15, -0.1) is 17.9 Å². The molecule has 0 amide bonds. The molecule has 0 radical (unpaired) electrons. The molecule has 0 aliphatic rings. The van der Waals surface area contributed by atoms with Crippen LogP contribution in [-0.2, 0) is 5.54 Å².